The molecule has 1 aromatic carbocycles. The molecule has 1 aliphatic heterocycles. The number of carboxylic acids is 1. The molecule has 1 amide bonds. The molecule has 138 valence electrons. The molecule has 0 spiro atoms. The van der Waals surface area contributed by atoms with E-state index in [1.165, 1.54) is 11.0 Å². The summed E-state index contributed by atoms with van der Waals surface area (Å²) in [6.07, 6.45) is -0.299. The fraction of sp³-hybridized carbons (Fsp3) is 0.368. The Labute approximate surface area is 150 Å². The smallest absolute Gasteiger partial charge is 0.305 e. The standard InChI is InChI=1S/C19H21FN2O4/c1-13-6-7-15(26-13)12-21-8-9-22(19(25)17(21)10-18(23)24)11-14-4-2-3-5-16(14)20/h2-7,17H,8-12H2,1H3,(H,23,24). The number of hydrogen-bond acceptors (Lipinski definition) is 4. The van der Waals surface area contributed by atoms with Gasteiger partial charge in [-0.1, -0.05) is 18.2 Å². The van der Waals surface area contributed by atoms with Crippen molar-refractivity contribution in [2.24, 2.45) is 0 Å². The number of carbonyl (C=O) groups excluding carboxylic acids is 1. The van der Waals surface area contributed by atoms with E-state index < -0.39 is 12.0 Å². The van der Waals surface area contributed by atoms with E-state index >= 15 is 0 Å². The van der Waals surface area contributed by atoms with E-state index in [2.05, 4.69) is 0 Å². The van der Waals surface area contributed by atoms with Crippen LogP contribution >= 0.6 is 0 Å². The van der Waals surface area contributed by atoms with Gasteiger partial charge in [0.2, 0.25) is 5.91 Å². The van der Waals surface area contributed by atoms with Crippen LogP contribution in [0.15, 0.2) is 40.8 Å². The number of carbonyl (C=O) groups is 2. The number of rotatable bonds is 6. The third-order valence-electron chi connectivity index (χ3n) is 4.54. The van der Waals surface area contributed by atoms with Gasteiger partial charge < -0.3 is 14.4 Å². The first-order valence-corrected chi connectivity index (χ1v) is 8.47. The molecule has 0 saturated carbocycles. The fourth-order valence-electron chi connectivity index (χ4n) is 3.21. The summed E-state index contributed by atoms with van der Waals surface area (Å²) in [5.41, 5.74) is 0.421. The highest BCUT2D eigenvalue weighted by Crippen LogP contribution is 2.21. The van der Waals surface area contributed by atoms with Crippen molar-refractivity contribution in [2.75, 3.05) is 13.1 Å². The zero-order valence-electron chi connectivity index (χ0n) is 14.5. The molecule has 0 aliphatic carbocycles. The Kier molecular flexibility index (Phi) is 5.37. The number of aryl methyl sites for hydroxylation is 1. The molecule has 1 aromatic heterocycles. The second-order valence-corrected chi connectivity index (χ2v) is 6.45. The van der Waals surface area contributed by atoms with Crippen molar-refractivity contribution in [1.29, 1.82) is 0 Å². The van der Waals surface area contributed by atoms with Crippen LogP contribution in [0, 0.1) is 12.7 Å². The summed E-state index contributed by atoms with van der Waals surface area (Å²) in [6, 6.07) is 9.15. The van der Waals surface area contributed by atoms with Gasteiger partial charge in [0, 0.05) is 25.2 Å². The van der Waals surface area contributed by atoms with Crippen LogP contribution in [0.4, 0.5) is 4.39 Å². The number of furan rings is 1. The van der Waals surface area contributed by atoms with Crippen LogP contribution in [0.1, 0.15) is 23.5 Å². The summed E-state index contributed by atoms with van der Waals surface area (Å²) in [7, 11) is 0. The molecule has 7 heteroatoms. The van der Waals surface area contributed by atoms with Crippen LogP contribution in [0.25, 0.3) is 0 Å². The molecule has 1 fully saturated rings. The van der Waals surface area contributed by atoms with E-state index in [0.717, 1.165) is 5.76 Å². The SMILES string of the molecule is Cc1ccc(CN2CCN(Cc3ccccc3F)C(=O)C2CC(=O)O)o1. The zero-order valence-corrected chi connectivity index (χ0v) is 14.5. The van der Waals surface area contributed by atoms with Gasteiger partial charge in [0.05, 0.1) is 13.0 Å². The van der Waals surface area contributed by atoms with Crippen LogP contribution in [0.3, 0.4) is 0 Å². The molecule has 1 atom stereocenters. The van der Waals surface area contributed by atoms with Gasteiger partial charge in [-0.3, -0.25) is 14.5 Å². The zero-order chi connectivity index (χ0) is 18.7. The van der Waals surface area contributed by atoms with Crippen molar-refractivity contribution >= 4 is 11.9 Å². The number of nitrogens with zero attached hydrogens (tertiary/aromatic N) is 2. The largest absolute Gasteiger partial charge is 0.481 e. The second kappa shape index (κ2) is 7.70. The van der Waals surface area contributed by atoms with Crippen molar-refractivity contribution in [3.05, 3.63) is 59.3 Å². The molecule has 26 heavy (non-hydrogen) atoms. The normalized spacial score (nSPS) is 18.3. The second-order valence-electron chi connectivity index (χ2n) is 6.45. The molecule has 6 nitrogen and oxygen atoms in total. The van der Waals surface area contributed by atoms with E-state index in [1.54, 1.807) is 18.2 Å². The Morgan fingerprint density at radius 1 is 1.23 bits per heavy atom. The fourth-order valence-corrected chi connectivity index (χ4v) is 3.21. The van der Waals surface area contributed by atoms with Crippen LogP contribution in [0.5, 0.6) is 0 Å². The maximum atomic E-state index is 13.9. The number of carboxylic acid groups (broad SMARTS) is 1. The van der Waals surface area contributed by atoms with Gasteiger partial charge in [-0.2, -0.15) is 0 Å². The van der Waals surface area contributed by atoms with Crippen molar-refractivity contribution in [1.82, 2.24) is 9.80 Å². The van der Waals surface area contributed by atoms with Crippen LogP contribution in [-0.2, 0) is 22.7 Å². The summed E-state index contributed by atoms with van der Waals surface area (Å²) in [6.45, 7) is 3.23. The Hall–Kier alpha value is -2.67. The average molecular weight is 360 g/mol. The van der Waals surface area contributed by atoms with Gasteiger partial charge in [0.1, 0.15) is 23.4 Å². The van der Waals surface area contributed by atoms with Crippen molar-refractivity contribution in [2.45, 2.75) is 32.5 Å². The molecule has 3 rings (SSSR count). The van der Waals surface area contributed by atoms with Gasteiger partial charge in [0.25, 0.3) is 0 Å². The first-order valence-electron chi connectivity index (χ1n) is 8.47. The van der Waals surface area contributed by atoms with E-state index in [4.69, 9.17) is 4.42 Å². The van der Waals surface area contributed by atoms with Crippen LogP contribution in [0.2, 0.25) is 0 Å². The van der Waals surface area contributed by atoms with Gasteiger partial charge >= 0.3 is 5.97 Å². The minimum Gasteiger partial charge on any atom is -0.481 e. The van der Waals surface area contributed by atoms with Gasteiger partial charge in [-0.25, -0.2) is 4.39 Å². The molecule has 1 unspecified atom stereocenters. The maximum absolute atomic E-state index is 13.9. The molecular weight excluding hydrogens is 339 g/mol. The molecule has 0 bridgehead atoms. The molecule has 1 aliphatic rings. The summed E-state index contributed by atoms with van der Waals surface area (Å²) < 4.78 is 19.4. The lowest BCUT2D eigenvalue weighted by Gasteiger charge is -2.39. The number of halogens is 1. The number of piperazine rings is 1. The lowest BCUT2D eigenvalue weighted by Crippen LogP contribution is -2.56. The predicted octanol–water partition coefficient (Wildman–Crippen LogP) is 2.41. The topological polar surface area (TPSA) is 74.0 Å². The molecule has 2 heterocycles. The van der Waals surface area contributed by atoms with Crippen molar-refractivity contribution in [3.8, 4) is 0 Å². The van der Waals surface area contributed by atoms with E-state index in [-0.39, 0.29) is 24.7 Å². The lowest BCUT2D eigenvalue weighted by molar-refractivity contribution is -0.150. The highest BCUT2D eigenvalue weighted by molar-refractivity contribution is 5.86. The summed E-state index contributed by atoms with van der Waals surface area (Å²) in [5, 5.41) is 9.21. The third kappa shape index (κ3) is 4.11. The number of amides is 1. The Morgan fingerprint density at radius 2 is 2.00 bits per heavy atom. The summed E-state index contributed by atoms with van der Waals surface area (Å²) in [4.78, 5) is 27.4. The molecule has 1 saturated heterocycles. The summed E-state index contributed by atoms with van der Waals surface area (Å²) in [5.74, 6) is -0.266. The molecule has 2 aromatic rings. The van der Waals surface area contributed by atoms with Crippen LogP contribution in [-0.4, -0.2) is 45.9 Å². The average Bonchev–Trinajstić information content (AvgIpc) is 3.00. The first-order chi connectivity index (χ1) is 12.4. The van der Waals surface area contributed by atoms with Gasteiger partial charge in [-0.05, 0) is 25.1 Å². The van der Waals surface area contributed by atoms with Crippen molar-refractivity contribution in [3.63, 3.8) is 0 Å². The quantitative estimate of drug-likeness (QED) is 0.856. The minimum absolute atomic E-state index is 0.134. The Morgan fingerprint density at radius 3 is 2.65 bits per heavy atom. The highest BCUT2D eigenvalue weighted by Gasteiger charge is 2.36. The Bertz CT molecular complexity index is 804. The Balaban J connectivity index is 1.75. The maximum Gasteiger partial charge on any atom is 0.305 e. The minimum atomic E-state index is -1.04. The number of benzene rings is 1. The lowest BCUT2D eigenvalue weighted by atomic mass is 10.1. The summed E-state index contributed by atoms with van der Waals surface area (Å²) >= 11 is 0. The van der Waals surface area contributed by atoms with Gasteiger partial charge in [-0.15, -0.1) is 0 Å². The third-order valence-corrected chi connectivity index (χ3v) is 4.54. The monoisotopic (exact) mass is 360 g/mol. The number of aliphatic carboxylic acids is 1. The molecule has 1 N–H and O–H groups in total. The number of hydrogen-bond donors (Lipinski definition) is 1. The van der Waals surface area contributed by atoms with Gasteiger partial charge in [0.15, 0.2) is 0 Å². The van der Waals surface area contributed by atoms with Crippen molar-refractivity contribution < 1.29 is 23.5 Å². The van der Waals surface area contributed by atoms with Crippen LogP contribution < -0.4 is 0 Å². The molecular formula is C19H21FN2O4. The van der Waals surface area contributed by atoms with E-state index in [0.29, 0.717) is 31.0 Å². The van der Waals surface area contributed by atoms with E-state index in [1.807, 2.05) is 24.0 Å². The molecule has 0 radical (unpaired) electrons. The predicted molar refractivity (Wildman–Crippen MR) is 91.7 cm³/mol. The first kappa shape index (κ1) is 18.1. The highest BCUT2D eigenvalue weighted by atomic mass is 19.1. The van der Waals surface area contributed by atoms with E-state index in [9.17, 15) is 19.1 Å².